The van der Waals surface area contributed by atoms with Crippen LogP contribution in [0.2, 0.25) is 0 Å². The molecule has 2 rings (SSSR count). The zero-order chi connectivity index (χ0) is 15.9. The maximum atomic E-state index is 12.5. The Morgan fingerprint density at radius 3 is 2.55 bits per heavy atom. The molecule has 0 N–H and O–H groups in total. The molecule has 1 amide bonds. The summed E-state index contributed by atoms with van der Waals surface area (Å²) in [5, 5.41) is 0. The summed E-state index contributed by atoms with van der Waals surface area (Å²) in [6, 6.07) is 7.22. The Balaban J connectivity index is 1.95. The van der Waals surface area contributed by atoms with Crippen molar-refractivity contribution in [2.24, 2.45) is 5.92 Å². The lowest BCUT2D eigenvalue weighted by atomic mass is 9.96. The average Bonchev–Trinajstić information content (AvgIpc) is 2.55. The molecule has 0 spiro atoms. The van der Waals surface area contributed by atoms with E-state index in [-0.39, 0.29) is 17.8 Å². The topological polar surface area (TPSA) is 55.8 Å². The first-order valence-corrected chi connectivity index (χ1v) is 7.84. The van der Waals surface area contributed by atoms with Crippen LogP contribution >= 0.6 is 0 Å². The number of hydrogen-bond donors (Lipinski definition) is 0. The molecular formula is C17H23NO4. The molecule has 22 heavy (non-hydrogen) atoms. The average molecular weight is 305 g/mol. The van der Waals surface area contributed by atoms with Gasteiger partial charge in [0.05, 0.1) is 19.1 Å². The van der Waals surface area contributed by atoms with E-state index in [1.54, 1.807) is 17.0 Å². The van der Waals surface area contributed by atoms with Gasteiger partial charge < -0.3 is 14.4 Å². The molecule has 1 aromatic carbocycles. The number of carbonyl (C=O) groups is 2. The molecule has 120 valence electrons. The van der Waals surface area contributed by atoms with Crippen molar-refractivity contribution in [1.29, 1.82) is 0 Å². The summed E-state index contributed by atoms with van der Waals surface area (Å²) in [5.41, 5.74) is 0.625. The van der Waals surface area contributed by atoms with E-state index in [1.807, 2.05) is 26.0 Å². The number of ether oxygens (including phenoxy) is 2. The van der Waals surface area contributed by atoms with E-state index in [2.05, 4.69) is 0 Å². The van der Waals surface area contributed by atoms with Crippen LogP contribution in [0, 0.1) is 5.92 Å². The van der Waals surface area contributed by atoms with E-state index in [4.69, 9.17) is 9.47 Å². The highest BCUT2D eigenvalue weighted by Crippen LogP contribution is 2.21. The minimum Gasteiger partial charge on any atom is -0.494 e. The van der Waals surface area contributed by atoms with Crippen LogP contribution in [0.5, 0.6) is 5.75 Å². The first kappa shape index (κ1) is 16.3. The zero-order valence-corrected chi connectivity index (χ0v) is 13.2. The minimum absolute atomic E-state index is 0.0103. The zero-order valence-electron chi connectivity index (χ0n) is 13.2. The molecule has 1 heterocycles. The first-order chi connectivity index (χ1) is 10.7. The number of likely N-dealkylation sites (tertiary alicyclic amines) is 1. The molecule has 1 aromatic rings. The fraction of sp³-hybridized carbons (Fsp3) is 0.529. The number of carbonyl (C=O) groups excluding carboxylic acids is 2. The summed E-state index contributed by atoms with van der Waals surface area (Å²) in [7, 11) is 0. The van der Waals surface area contributed by atoms with Gasteiger partial charge in [-0.05, 0) is 44.9 Å². The third-order valence-electron chi connectivity index (χ3n) is 3.79. The summed E-state index contributed by atoms with van der Waals surface area (Å²) in [6.07, 6.45) is 1.32. The predicted octanol–water partition coefficient (Wildman–Crippen LogP) is 2.50. The number of rotatable bonds is 5. The maximum Gasteiger partial charge on any atom is 0.309 e. The summed E-state index contributed by atoms with van der Waals surface area (Å²) >= 11 is 0. The fourth-order valence-electron chi connectivity index (χ4n) is 2.65. The molecular weight excluding hydrogens is 282 g/mol. The van der Waals surface area contributed by atoms with Gasteiger partial charge in [0.15, 0.2) is 0 Å². The summed E-state index contributed by atoms with van der Waals surface area (Å²) in [5.74, 6) is 0.463. The quantitative estimate of drug-likeness (QED) is 0.784. The lowest BCUT2D eigenvalue weighted by Crippen LogP contribution is -2.40. The summed E-state index contributed by atoms with van der Waals surface area (Å²) in [6.45, 7) is 5.86. The van der Waals surface area contributed by atoms with Crippen molar-refractivity contribution in [1.82, 2.24) is 4.90 Å². The Hall–Kier alpha value is -2.04. The van der Waals surface area contributed by atoms with Crippen LogP contribution in [0.15, 0.2) is 24.3 Å². The fourth-order valence-corrected chi connectivity index (χ4v) is 2.65. The lowest BCUT2D eigenvalue weighted by molar-refractivity contribution is -0.149. The number of nitrogens with zero attached hydrogens (tertiary/aromatic N) is 1. The van der Waals surface area contributed by atoms with Gasteiger partial charge in [-0.1, -0.05) is 6.07 Å². The van der Waals surface area contributed by atoms with E-state index in [0.29, 0.717) is 50.5 Å². The van der Waals surface area contributed by atoms with Crippen LogP contribution in [0.1, 0.15) is 37.0 Å². The Labute approximate surface area is 131 Å². The van der Waals surface area contributed by atoms with Crippen LogP contribution in [0.3, 0.4) is 0 Å². The summed E-state index contributed by atoms with van der Waals surface area (Å²) in [4.78, 5) is 26.0. The van der Waals surface area contributed by atoms with Crippen molar-refractivity contribution in [3.8, 4) is 5.75 Å². The Kier molecular flexibility index (Phi) is 5.81. The second-order valence-electron chi connectivity index (χ2n) is 5.28. The number of benzene rings is 1. The van der Waals surface area contributed by atoms with Gasteiger partial charge in [-0.15, -0.1) is 0 Å². The van der Waals surface area contributed by atoms with Gasteiger partial charge in [-0.25, -0.2) is 0 Å². The Morgan fingerprint density at radius 2 is 1.91 bits per heavy atom. The minimum atomic E-state index is -0.145. The van der Waals surface area contributed by atoms with Crippen molar-refractivity contribution < 1.29 is 19.1 Å². The molecule has 0 atom stereocenters. The second kappa shape index (κ2) is 7.82. The van der Waals surface area contributed by atoms with Crippen LogP contribution in [-0.2, 0) is 9.53 Å². The molecule has 5 heteroatoms. The molecule has 0 bridgehead atoms. The van der Waals surface area contributed by atoms with Gasteiger partial charge >= 0.3 is 5.97 Å². The van der Waals surface area contributed by atoms with Crippen molar-refractivity contribution >= 4 is 11.9 Å². The molecule has 1 fully saturated rings. The third kappa shape index (κ3) is 4.00. The van der Waals surface area contributed by atoms with Crippen molar-refractivity contribution in [3.63, 3.8) is 0 Å². The number of hydrogen-bond acceptors (Lipinski definition) is 4. The normalized spacial score (nSPS) is 15.5. The number of piperidine rings is 1. The van der Waals surface area contributed by atoms with Crippen LogP contribution in [0.4, 0.5) is 0 Å². The predicted molar refractivity (Wildman–Crippen MR) is 82.9 cm³/mol. The van der Waals surface area contributed by atoms with Gasteiger partial charge in [0.25, 0.3) is 5.91 Å². The SMILES string of the molecule is CCOC(=O)C1CCN(C(=O)c2cccc(OCC)c2)CC1. The molecule has 1 saturated heterocycles. The molecule has 0 radical (unpaired) electrons. The van der Waals surface area contributed by atoms with E-state index >= 15 is 0 Å². The van der Waals surface area contributed by atoms with E-state index in [1.165, 1.54) is 0 Å². The highest BCUT2D eigenvalue weighted by molar-refractivity contribution is 5.94. The highest BCUT2D eigenvalue weighted by atomic mass is 16.5. The van der Waals surface area contributed by atoms with Gasteiger partial charge in [0.2, 0.25) is 0 Å². The number of amides is 1. The smallest absolute Gasteiger partial charge is 0.309 e. The summed E-state index contributed by atoms with van der Waals surface area (Å²) < 4.78 is 10.5. The van der Waals surface area contributed by atoms with Crippen molar-refractivity contribution in [2.75, 3.05) is 26.3 Å². The van der Waals surface area contributed by atoms with Crippen LogP contribution in [0.25, 0.3) is 0 Å². The first-order valence-electron chi connectivity index (χ1n) is 7.84. The van der Waals surface area contributed by atoms with E-state index in [0.717, 1.165) is 0 Å². The van der Waals surface area contributed by atoms with Gasteiger partial charge in [0, 0.05) is 18.7 Å². The monoisotopic (exact) mass is 305 g/mol. The largest absolute Gasteiger partial charge is 0.494 e. The standard InChI is InChI=1S/C17H23NO4/c1-3-21-15-7-5-6-14(12-15)16(19)18-10-8-13(9-11-18)17(20)22-4-2/h5-7,12-13H,3-4,8-11H2,1-2H3. The van der Waals surface area contributed by atoms with Gasteiger partial charge in [0.1, 0.15) is 5.75 Å². The number of esters is 1. The lowest BCUT2D eigenvalue weighted by Gasteiger charge is -2.31. The van der Waals surface area contributed by atoms with E-state index in [9.17, 15) is 9.59 Å². The van der Waals surface area contributed by atoms with Crippen LogP contribution < -0.4 is 4.74 Å². The molecule has 0 unspecified atom stereocenters. The molecule has 0 aromatic heterocycles. The van der Waals surface area contributed by atoms with E-state index < -0.39 is 0 Å². The molecule has 1 aliphatic heterocycles. The molecule has 0 aliphatic carbocycles. The molecule has 5 nitrogen and oxygen atoms in total. The van der Waals surface area contributed by atoms with Gasteiger partial charge in [-0.3, -0.25) is 9.59 Å². The van der Waals surface area contributed by atoms with Crippen LogP contribution in [-0.4, -0.2) is 43.1 Å². The van der Waals surface area contributed by atoms with Gasteiger partial charge in [-0.2, -0.15) is 0 Å². The maximum absolute atomic E-state index is 12.5. The highest BCUT2D eigenvalue weighted by Gasteiger charge is 2.28. The van der Waals surface area contributed by atoms with Crippen molar-refractivity contribution in [2.45, 2.75) is 26.7 Å². The Morgan fingerprint density at radius 1 is 1.18 bits per heavy atom. The third-order valence-corrected chi connectivity index (χ3v) is 3.79. The molecule has 1 aliphatic rings. The van der Waals surface area contributed by atoms with Crippen molar-refractivity contribution in [3.05, 3.63) is 29.8 Å². The Bertz CT molecular complexity index is 521. The molecule has 0 saturated carbocycles. The second-order valence-corrected chi connectivity index (χ2v) is 5.28.